The minimum absolute atomic E-state index is 0.102. The van der Waals surface area contributed by atoms with Gasteiger partial charge in [0.2, 0.25) is 0 Å². The summed E-state index contributed by atoms with van der Waals surface area (Å²) in [6, 6.07) is 3.61. The number of rotatable bonds is 5. The summed E-state index contributed by atoms with van der Waals surface area (Å²) in [5.74, 6) is 0.547. The molecule has 1 saturated heterocycles. The van der Waals surface area contributed by atoms with Crippen LogP contribution in [0.5, 0.6) is 0 Å². The van der Waals surface area contributed by atoms with Crippen LogP contribution < -0.4 is 5.73 Å². The molecule has 1 aromatic rings. The van der Waals surface area contributed by atoms with Crippen LogP contribution in [-0.2, 0) is 6.42 Å². The topological polar surface area (TPSA) is 59.2 Å². The molecule has 1 aliphatic heterocycles. The molecule has 21 heavy (non-hydrogen) atoms. The molecule has 2 rings (SSSR count). The van der Waals surface area contributed by atoms with Crippen LogP contribution in [0.1, 0.15) is 62.5 Å². The number of aromatic nitrogens is 1. The lowest BCUT2D eigenvalue weighted by molar-refractivity contribution is 0.0769. The Balaban J connectivity index is 2.17. The minimum atomic E-state index is 0.102. The summed E-state index contributed by atoms with van der Waals surface area (Å²) in [7, 11) is 0. The average Bonchev–Trinajstić information content (AvgIpc) is 2.91. The van der Waals surface area contributed by atoms with Gasteiger partial charge in [-0.1, -0.05) is 27.2 Å². The highest BCUT2D eigenvalue weighted by molar-refractivity contribution is 5.95. The first kappa shape index (κ1) is 15.8. The Hall–Kier alpha value is -1.58. The Labute approximate surface area is 127 Å². The summed E-state index contributed by atoms with van der Waals surface area (Å²) in [5.41, 5.74) is 7.76. The number of anilines is 1. The zero-order chi connectivity index (χ0) is 15.5. The molecule has 4 nitrogen and oxygen atoms in total. The van der Waals surface area contributed by atoms with Crippen LogP contribution in [0.15, 0.2) is 12.1 Å². The number of amides is 1. The molecule has 0 unspecified atom stereocenters. The van der Waals surface area contributed by atoms with E-state index >= 15 is 0 Å². The van der Waals surface area contributed by atoms with Crippen LogP contribution >= 0.6 is 0 Å². The minimum Gasteiger partial charge on any atom is -0.384 e. The van der Waals surface area contributed by atoms with Gasteiger partial charge in [0.15, 0.2) is 0 Å². The molecule has 1 amide bonds. The lowest BCUT2D eigenvalue weighted by Gasteiger charge is -2.26. The van der Waals surface area contributed by atoms with Crippen molar-refractivity contribution in [2.75, 3.05) is 18.8 Å². The smallest absolute Gasteiger partial charge is 0.254 e. The number of hydrogen-bond acceptors (Lipinski definition) is 3. The summed E-state index contributed by atoms with van der Waals surface area (Å²) < 4.78 is 0. The van der Waals surface area contributed by atoms with Gasteiger partial charge in [0.05, 0.1) is 0 Å². The van der Waals surface area contributed by atoms with E-state index in [0.29, 0.717) is 16.8 Å². The van der Waals surface area contributed by atoms with Gasteiger partial charge in [-0.15, -0.1) is 0 Å². The highest BCUT2D eigenvalue weighted by atomic mass is 16.2. The van der Waals surface area contributed by atoms with Gasteiger partial charge in [0, 0.05) is 24.3 Å². The maximum atomic E-state index is 12.7. The highest BCUT2D eigenvalue weighted by Crippen LogP contribution is 2.37. The maximum Gasteiger partial charge on any atom is 0.254 e. The monoisotopic (exact) mass is 289 g/mol. The van der Waals surface area contributed by atoms with Gasteiger partial charge in [-0.05, 0) is 43.2 Å². The van der Waals surface area contributed by atoms with Crippen molar-refractivity contribution in [3.05, 3.63) is 23.4 Å². The molecule has 1 aliphatic rings. The molecule has 0 aliphatic carbocycles. The number of carbonyl (C=O) groups excluding carboxylic acids is 1. The Kier molecular flexibility index (Phi) is 4.86. The predicted molar refractivity (Wildman–Crippen MR) is 86.2 cm³/mol. The first-order valence-corrected chi connectivity index (χ1v) is 8.09. The molecular weight excluding hydrogens is 262 g/mol. The van der Waals surface area contributed by atoms with Crippen molar-refractivity contribution in [3.8, 4) is 0 Å². The Bertz CT molecular complexity index is 509. The molecule has 4 heteroatoms. The quantitative estimate of drug-likeness (QED) is 0.905. The molecule has 0 aromatic carbocycles. The third-order valence-electron chi connectivity index (χ3n) is 4.88. The number of nitrogen functional groups attached to an aromatic ring is 1. The van der Waals surface area contributed by atoms with Gasteiger partial charge in [-0.3, -0.25) is 4.79 Å². The van der Waals surface area contributed by atoms with Crippen molar-refractivity contribution in [2.45, 2.75) is 52.9 Å². The molecule has 1 fully saturated rings. The Morgan fingerprint density at radius 3 is 2.62 bits per heavy atom. The summed E-state index contributed by atoms with van der Waals surface area (Å²) >= 11 is 0. The molecule has 0 saturated carbocycles. The van der Waals surface area contributed by atoms with Crippen molar-refractivity contribution < 1.29 is 4.79 Å². The molecule has 2 heterocycles. The maximum absolute atomic E-state index is 12.7. The first-order valence-electron chi connectivity index (χ1n) is 8.09. The van der Waals surface area contributed by atoms with E-state index in [1.165, 1.54) is 0 Å². The van der Waals surface area contributed by atoms with Crippen LogP contribution in [0.25, 0.3) is 0 Å². The molecule has 0 spiro atoms. The number of aryl methyl sites for hydroxylation is 1. The van der Waals surface area contributed by atoms with E-state index in [1.54, 1.807) is 6.07 Å². The van der Waals surface area contributed by atoms with E-state index < -0.39 is 0 Å². The number of carbonyl (C=O) groups is 1. The second-order valence-corrected chi connectivity index (χ2v) is 6.21. The molecule has 0 bridgehead atoms. The fourth-order valence-electron chi connectivity index (χ4n) is 3.24. The van der Waals surface area contributed by atoms with Crippen LogP contribution in [0, 0.1) is 5.41 Å². The van der Waals surface area contributed by atoms with Crippen LogP contribution in [0.4, 0.5) is 5.82 Å². The van der Waals surface area contributed by atoms with Crippen molar-refractivity contribution in [1.82, 2.24) is 9.88 Å². The van der Waals surface area contributed by atoms with Crippen LogP contribution in [-0.4, -0.2) is 28.9 Å². The summed E-state index contributed by atoms with van der Waals surface area (Å²) in [4.78, 5) is 19.0. The normalized spacial score (nSPS) is 17.2. The number of hydrogen-bond donors (Lipinski definition) is 1. The van der Waals surface area contributed by atoms with Gasteiger partial charge in [0.25, 0.3) is 5.91 Å². The third-order valence-corrected chi connectivity index (χ3v) is 4.88. The predicted octanol–water partition coefficient (Wildman–Crippen LogP) is 3.27. The molecule has 0 radical (unpaired) electrons. The Morgan fingerprint density at radius 2 is 2.05 bits per heavy atom. The lowest BCUT2D eigenvalue weighted by atomic mass is 9.82. The Morgan fingerprint density at radius 1 is 1.33 bits per heavy atom. The fraction of sp³-hybridized carbons (Fsp3) is 0.647. The molecular formula is C17H27N3O. The van der Waals surface area contributed by atoms with E-state index in [-0.39, 0.29) is 5.91 Å². The van der Waals surface area contributed by atoms with Crippen LogP contribution in [0.2, 0.25) is 0 Å². The molecule has 0 atom stereocenters. The van der Waals surface area contributed by atoms with Gasteiger partial charge >= 0.3 is 0 Å². The first-order chi connectivity index (χ1) is 10.0. The van der Waals surface area contributed by atoms with E-state index in [2.05, 4.69) is 25.8 Å². The van der Waals surface area contributed by atoms with E-state index in [0.717, 1.165) is 50.9 Å². The van der Waals surface area contributed by atoms with E-state index in [1.807, 2.05) is 11.0 Å². The zero-order valence-electron chi connectivity index (χ0n) is 13.5. The van der Waals surface area contributed by atoms with Crippen molar-refractivity contribution in [2.24, 2.45) is 5.41 Å². The summed E-state index contributed by atoms with van der Waals surface area (Å²) in [6.07, 6.45) is 5.23. The van der Waals surface area contributed by atoms with E-state index in [4.69, 9.17) is 5.73 Å². The molecule has 1 aromatic heterocycles. The number of likely N-dealkylation sites (tertiary alicyclic amines) is 1. The second-order valence-electron chi connectivity index (χ2n) is 6.21. The van der Waals surface area contributed by atoms with Crippen molar-refractivity contribution in [3.63, 3.8) is 0 Å². The zero-order valence-corrected chi connectivity index (χ0v) is 13.5. The summed E-state index contributed by atoms with van der Waals surface area (Å²) in [6.45, 7) is 8.27. The highest BCUT2D eigenvalue weighted by Gasteiger charge is 2.37. The number of nitrogens with two attached hydrogens (primary N) is 1. The van der Waals surface area contributed by atoms with E-state index in [9.17, 15) is 4.79 Å². The molecule has 2 N–H and O–H groups in total. The second kappa shape index (κ2) is 6.46. The van der Waals surface area contributed by atoms with Gasteiger partial charge in [0.1, 0.15) is 5.82 Å². The van der Waals surface area contributed by atoms with Crippen molar-refractivity contribution >= 4 is 11.7 Å². The lowest BCUT2D eigenvalue weighted by Crippen LogP contribution is -2.32. The number of pyridine rings is 1. The van der Waals surface area contributed by atoms with Crippen LogP contribution in [0.3, 0.4) is 0 Å². The molecule has 116 valence electrons. The number of nitrogens with zero attached hydrogens (tertiary/aromatic N) is 2. The average molecular weight is 289 g/mol. The van der Waals surface area contributed by atoms with Crippen molar-refractivity contribution in [1.29, 1.82) is 0 Å². The third kappa shape index (κ3) is 3.36. The van der Waals surface area contributed by atoms with Gasteiger partial charge in [-0.25, -0.2) is 4.98 Å². The SMILES string of the molecule is CCCc1cc(C(=O)N2CCC(CC)(CC)C2)cc(N)n1. The summed E-state index contributed by atoms with van der Waals surface area (Å²) in [5, 5.41) is 0. The fourth-order valence-corrected chi connectivity index (χ4v) is 3.24. The van der Waals surface area contributed by atoms with Gasteiger partial charge < -0.3 is 10.6 Å². The van der Waals surface area contributed by atoms with Gasteiger partial charge in [-0.2, -0.15) is 0 Å². The largest absolute Gasteiger partial charge is 0.384 e. The standard InChI is InChI=1S/C17H27N3O/c1-4-7-14-10-13(11-15(18)19-14)16(21)20-9-8-17(5-2,6-3)12-20/h10-11H,4-9,12H2,1-3H3,(H2,18,19).